The molecule has 8 heteroatoms. The third kappa shape index (κ3) is 3.81. The van der Waals surface area contributed by atoms with Crippen LogP contribution in [-0.2, 0) is 14.8 Å². The molecule has 1 aliphatic carbocycles. The smallest absolute Gasteiger partial charge is 0.306 e. The Balaban J connectivity index is 2.09. The quantitative estimate of drug-likeness (QED) is 0.822. The predicted octanol–water partition coefficient (Wildman–Crippen LogP) is 2.37. The molecule has 0 saturated heterocycles. The van der Waals surface area contributed by atoms with Gasteiger partial charge in [0, 0.05) is 11.0 Å². The van der Waals surface area contributed by atoms with Gasteiger partial charge in [-0.15, -0.1) is 0 Å². The minimum atomic E-state index is -3.80. The van der Waals surface area contributed by atoms with E-state index in [0.717, 1.165) is 18.6 Å². The highest BCUT2D eigenvalue weighted by Crippen LogP contribution is 2.32. The highest BCUT2D eigenvalue weighted by Gasteiger charge is 2.33. The number of nitrogens with one attached hydrogen (secondary N) is 1. The van der Waals surface area contributed by atoms with Crippen LogP contribution in [0, 0.1) is 17.7 Å². The van der Waals surface area contributed by atoms with Gasteiger partial charge in [0.2, 0.25) is 10.0 Å². The normalized spacial score (nSPS) is 22.4. The highest BCUT2D eigenvalue weighted by atomic mass is 79.9. The fourth-order valence-corrected chi connectivity index (χ4v) is 4.74. The molecule has 2 unspecified atom stereocenters. The van der Waals surface area contributed by atoms with Gasteiger partial charge in [-0.1, -0.05) is 6.42 Å². The maximum absolute atomic E-state index is 13.0. The molecule has 21 heavy (non-hydrogen) atoms. The molecule has 0 aromatic heterocycles. The Morgan fingerprint density at radius 3 is 2.76 bits per heavy atom. The van der Waals surface area contributed by atoms with Crippen LogP contribution in [0.5, 0.6) is 0 Å². The maximum Gasteiger partial charge on any atom is 0.306 e. The van der Waals surface area contributed by atoms with Crippen LogP contribution in [0.15, 0.2) is 27.6 Å². The van der Waals surface area contributed by atoms with E-state index in [-0.39, 0.29) is 21.8 Å². The first-order valence-electron chi connectivity index (χ1n) is 6.49. The van der Waals surface area contributed by atoms with Crippen LogP contribution >= 0.6 is 15.9 Å². The topological polar surface area (TPSA) is 83.5 Å². The zero-order valence-electron chi connectivity index (χ0n) is 11.1. The molecule has 0 spiro atoms. The zero-order valence-corrected chi connectivity index (χ0v) is 13.5. The summed E-state index contributed by atoms with van der Waals surface area (Å²) in [6.07, 6.45) is 2.04. The molecular weight excluding hydrogens is 365 g/mol. The lowest BCUT2D eigenvalue weighted by atomic mass is 9.97. The Hall–Kier alpha value is -0.990. The van der Waals surface area contributed by atoms with Crippen LogP contribution in [0.2, 0.25) is 0 Å². The fourth-order valence-electron chi connectivity index (χ4n) is 2.59. The van der Waals surface area contributed by atoms with Crippen molar-refractivity contribution in [2.75, 3.05) is 6.54 Å². The van der Waals surface area contributed by atoms with E-state index in [1.54, 1.807) is 0 Å². The van der Waals surface area contributed by atoms with Gasteiger partial charge in [-0.2, -0.15) is 0 Å². The van der Waals surface area contributed by atoms with Crippen LogP contribution in [0.1, 0.15) is 19.3 Å². The zero-order chi connectivity index (χ0) is 15.6. The number of benzene rings is 1. The van der Waals surface area contributed by atoms with Gasteiger partial charge in [0.15, 0.2) is 0 Å². The summed E-state index contributed by atoms with van der Waals surface area (Å²) in [7, 11) is -3.80. The molecular formula is C13H15BrFNO4S. The molecule has 2 atom stereocenters. The Morgan fingerprint density at radius 2 is 2.14 bits per heavy atom. The van der Waals surface area contributed by atoms with E-state index in [4.69, 9.17) is 5.11 Å². The first-order valence-corrected chi connectivity index (χ1v) is 8.76. The van der Waals surface area contributed by atoms with Gasteiger partial charge in [0.25, 0.3) is 0 Å². The van der Waals surface area contributed by atoms with Crippen LogP contribution in [0.4, 0.5) is 4.39 Å². The number of carboxylic acid groups (broad SMARTS) is 1. The largest absolute Gasteiger partial charge is 0.481 e. The number of halogens is 2. The molecule has 0 amide bonds. The molecule has 116 valence electrons. The summed E-state index contributed by atoms with van der Waals surface area (Å²) in [5.74, 6) is -2.15. The number of aliphatic carboxylic acids is 1. The van der Waals surface area contributed by atoms with Crippen molar-refractivity contribution in [1.29, 1.82) is 0 Å². The molecule has 1 aromatic rings. The monoisotopic (exact) mass is 379 g/mol. The summed E-state index contributed by atoms with van der Waals surface area (Å²) in [5, 5.41) is 9.08. The predicted molar refractivity (Wildman–Crippen MR) is 77.8 cm³/mol. The second kappa shape index (κ2) is 6.41. The number of sulfonamides is 1. The second-order valence-electron chi connectivity index (χ2n) is 5.06. The number of hydrogen-bond acceptors (Lipinski definition) is 3. The molecule has 1 fully saturated rings. The Morgan fingerprint density at radius 1 is 1.43 bits per heavy atom. The second-order valence-corrected chi connectivity index (χ2v) is 7.65. The van der Waals surface area contributed by atoms with Crippen molar-refractivity contribution in [3.05, 3.63) is 28.5 Å². The molecule has 5 nitrogen and oxygen atoms in total. The number of carboxylic acids is 1. The molecule has 0 heterocycles. The van der Waals surface area contributed by atoms with Crippen molar-refractivity contribution in [3.63, 3.8) is 0 Å². The molecule has 2 N–H and O–H groups in total. The van der Waals surface area contributed by atoms with E-state index < -0.39 is 27.7 Å². The molecule has 1 aromatic carbocycles. The van der Waals surface area contributed by atoms with Crippen molar-refractivity contribution < 1.29 is 22.7 Å². The van der Waals surface area contributed by atoms with Crippen LogP contribution in [0.25, 0.3) is 0 Å². The third-order valence-electron chi connectivity index (χ3n) is 3.70. The summed E-state index contributed by atoms with van der Waals surface area (Å²) in [5.41, 5.74) is 0. The Labute approximate surface area is 130 Å². The van der Waals surface area contributed by atoms with Gasteiger partial charge in [0.1, 0.15) is 5.82 Å². The minimum Gasteiger partial charge on any atom is -0.481 e. The molecule has 0 radical (unpaired) electrons. The highest BCUT2D eigenvalue weighted by molar-refractivity contribution is 9.10. The van der Waals surface area contributed by atoms with Crippen LogP contribution in [0.3, 0.4) is 0 Å². The van der Waals surface area contributed by atoms with E-state index in [9.17, 15) is 17.6 Å². The fraction of sp³-hybridized carbons (Fsp3) is 0.462. The van der Waals surface area contributed by atoms with E-state index in [1.807, 2.05) is 0 Å². The summed E-state index contributed by atoms with van der Waals surface area (Å²) < 4.78 is 39.9. The van der Waals surface area contributed by atoms with E-state index in [1.165, 1.54) is 6.07 Å². The van der Waals surface area contributed by atoms with Crippen molar-refractivity contribution in [3.8, 4) is 0 Å². The van der Waals surface area contributed by atoms with Gasteiger partial charge in [-0.05, 0) is 52.9 Å². The van der Waals surface area contributed by atoms with Gasteiger partial charge >= 0.3 is 5.97 Å². The van der Waals surface area contributed by atoms with E-state index in [0.29, 0.717) is 12.8 Å². The van der Waals surface area contributed by atoms with Crippen molar-refractivity contribution in [2.45, 2.75) is 24.2 Å². The summed E-state index contributed by atoms with van der Waals surface area (Å²) in [4.78, 5) is 11.0. The number of hydrogen-bond donors (Lipinski definition) is 2. The van der Waals surface area contributed by atoms with Crippen molar-refractivity contribution in [1.82, 2.24) is 4.72 Å². The first-order chi connectivity index (χ1) is 9.81. The lowest BCUT2D eigenvalue weighted by Crippen LogP contribution is -2.33. The minimum absolute atomic E-state index is 0.0613. The standard InChI is InChI=1S/C13H15BrFNO4S/c14-11-6-9(15)4-5-12(11)21(19,20)16-7-8-2-1-3-10(8)13(17)18/h4-6,8,10,16H,1-3,7H2,(H,17,18). The summed E-state index contributed by atoms with van der Waals surface area (Å²) in [6.45, 7) is 0.0725. The summed E-state index contributed by atoms with van der Waals surface area (Å²) in [6, 6.07) is 3.31. The number of rotatable bonds is 5. The SMILES string of the molecule is O=C(O)C1CCCC1CNS(=O)(=O)c1ccc(F)cc1Br. The Bertz CT molecular complexity index is 650. The molecule has 0 aliphatic heterocycles. The van der Waals surface area contributed by atoms with Gasteiger partial charge in [-0.25, -0.2) is 17.5 Å². The van der Waals surface area contributed by atoms with Gasteiger partial charge < -0.3 is 5.11 Å². The third-order valence-corrected chi connectivity index (χ3v) is 6.10. The first kappa shape index (κ1) is 16.4. The van der Waals surface area contributed by atoms with Crippen molar-refractivity contribution in [2.24, 2.45) is 11.8 Å². The average molecular weight is 380 g/mol. The molecule has 1 aliphatic rings. The lowest BCUT2D eigenvalue weighted by Gasteiger charge is -2.16. The maximum atomic E-state index is 13.0. The Kier molecular flexibility index (Phi) is 5.00. The van der Waals surface area contributed by atoms with Crippen LogP contribution < -0.4 is 4.72 Å². The van der Waals surface area contributed by atoms with Gasteiger partial charge in [0.05, 0.1) is 10.8 Å². The van der Waals surface area contributed by atoms with Gasteiger partial charge in [-0.3, -0.25) is 4.79 Å². The summed E-state index contributed by atoms with van der Waals surface area (Å²) >= 11 is 3.02. The molecule has 0 bridgehead atoms. The average Bonchev–Trinajstić information content (AvgIpc) is 2.84. The lowest BCUT2D eigenvalue weighted by molar-refractivity contribution is -0.142. The van der Waals surface area contributed by atoms with Crippen LogP contribution in [-0.4, -0.2) is 26.0 Å². The van der Waals surface area contributed by atoms with Crippen molar-refractivity contribution >= 4 is 31.9 Å². The van der Waals surface area contributed by atoms with E-state index in [2.05, 4.69) is 20.7 Å². The molecule has 1 saturated carbocycles. The number of carbonyl (C=O) groups is 1. The molecule has 2 rings (SSSR count). The van der Waals surface area contributed by atoms with E-state index >= 15 is 0 Å².